The number of carbonyl (C=O) groups is 1. The molecule has 0 spiro atoms. The summed E-state index contributed by atoms with van der Waals surface area (Å²) in [5.74, 6) is 0.437. The Bertz CT molecular complexity index is 541. The van der Waals surface area contributed by atoms with Gasteiger partial charge in [0, 0.05) is 19.3 Å². The Kier molecular flexibility index (Phi) is 5.12. The van der Waals surface area contributed by atoms with Crippen LogP contribution in [0.5, 0.6) is 0 Å². The van der Waals surface area contributed by atoms with Gasteiger partial charge in [0.25, 0.3) is 0 Å². The van der Waals surface area contributed by atoms with Gasteiger partial charge in [-0.05, 0) is 24.8 Å². The van der Waals surface area contributed by atoms with Crippen LogP contribution in [0.4, 0.5) is 0 Å². The molecule has 0 saturated heterocycles. The molecule has 4 nitrogen and oxygen atoms in total. The van der Waals surface area contributed by atoms with E-state index in [9.17, 15) is 4.79 Å². The fourth-order valence-corrected chi connectivity index (χ4v) is 2.65. The van der Waals surface area contributed by atoms with Crippen molar-refractivity contribution in [3.63, 3.8) is 0 Å². The van der Waals surface area contributed by atoms with Crippen molar-refractivity contribution in [2.75, 3.05) is 5.75 Å². The van der Waals surface area contributed by atoms with Gasteiger partial charge in [0.1, 0.15) is 0 Å². The average molecular weight is 287 g/mol. The van der Waals surface area contributed by atoms with E-state index < -0.39 is 0 Å². The number of rotatable bonds is 3. The van der Waals surface area contributed by atoms with Crippen LogP contribution in [0.1, 0.15) is 18.1 Å². The second-order valence-electron chi connectivity index (χ2n) is 4.36. The van der Waals surface area contributed by atoms with Crippen molar-refractivity contribution in [1.29, 1.82) is 0 Å². The molecule has 0 fully saturated rings. The molecule has 104 valence electrons. The summed E-state index contributed by atoms with van der Waals surface area (Å²) in [6.07, 6.45) is 3.46. The van der Waals surface area contributed by atoms with E-state index in [2.05, 4.69) is 28.8 Å². The van der Waals surface area contributed by atoms with Crippen LogP contribution in [0.3, 0.4) is 0 Å². The zero-order chi connectivity index (χ0) is 14.4. The van der Waals surface area contributed by atoms with Crippen molar-refractivity contribution >= 4 is 29.6 Å². The zero-order valence-corrected chi connectivity index (χ0v) is 12.3. The minimum atomic E-state index is 0.100. The number of hydrogen-bond acceptors (Lipinski definition) is 3. The molecule has 0 saturated carbocycles. The number of thioether (sulfide) groups is 1. The summed E-state index contributed by atoms with van der Waals surface area (Å²) in [5, 5.41) is 0.521. The summed E-state index contributed by atoms with van der Waals surface area (Å²) in [6.45, 7) is 6.72. The Morgan fingerprint density at radius 1 is 1.40 bits per heavy atom. The first-order valence-corrected chi connectivity index (χ1v) is 7.36. The Hall–Kier alpha value is -1.88. The maximum absolute atomic E-state index is 12.2. The molecule has 1 aliphatic rings. The van der Waals surface area contributed by atoms with Crippen molar-refractivity contribution in [1.82, 2.24) is 4.90 Å². The van der Waals surface area contributed by atoms with E-state index in [-0.39, 0.29) is 5.91 Å². The Morgan fingerprint density at radius 3 is 2.60 bits per heavy atom. The number of benzene rings is 1. The van der Waals surface area contributed by atoms with Gasteiger partial charge in [0.05, 0.1) is 5.75 Å². The van der Waals surface area contributed by atoms with E-state index in [4.69, 9.17) is 0 Å². The normalized spacial score (nSPS) is 14.7. The van der Waals surface area contributed by atoms with Crippen LogP contribution in [0.15, 0.2) is 46.5 Å². The van der Waals surface area contributed by atoms with Gasteiger partial charge in [-0.3, -0.25) is 4.79 Å². The Labute approximate surface area is 123 Å². The molecule has 20 heavy (non-hydrogen) atoms. The number of carbonyl (C=O) groups excluding carboxylic acids is 1. The molecule has 2 rings (SSSR count). The highest BCUT2D eigenvalue weighted by Crippen LogP contribution is 2.23. The molecule has 0 radical (unpaired) electrons. The first-order valence-electron chi connectivity index (χ1n) is 6.37. The molecule has 0 unspecified atom stereocenters. The SMILES string of the molecule is C=NC(=N/C=C\C)SCC(=O)N1Cc2ccccc2C1. The minimum absolute atomic E-state index is 0.100. The lowest BCUT2D eigenvalue weighted by Gasteiger charge is -2.14. The molecule has 5 heteroatoms. The molecule has 1 aromatic carbocycles. The number of amidine groups is 1. The van der Waals surface area contributed by atoms with Crippen LogP contribution < -0.4 is 0 Å². The number of fused-ring (bicyclic) bond motifs is 1. The summed E-state index contributed by atoms with van der Waals surface area (Å²) in [6, 6.07) is 8.15. The van der Waals surface area contributed by atoms with Gasteiger partial charge in [0.2, 0.25) is 5.91 Å². The van der Waals surface area contributed by atoms with Crippen LogP contribution in [0.25, 0.3) is 0 Å². The topological polar surface area (TPSA) is 45.0 Å². The second kappa shape index (κ2) is 7.05. The molecule has 0 bridgehead atoms. The maximum atomic E-state index is 12.2. The molecule has 0 aliphatic carbocycles. The number of allylic oxidation sites excluding steroid dienone is 1. The van der Waals surface area contributed by atoms with E-state index in [1.165, 1.54) is 22.9 Å². The van der Waals surface area contributed by atoms with Gasteiger partial charge in [-0.25, -0.2) is 9.98 Å². The highest BCUT2D eigenvalue weighted by Gasteiger charge is 2.22. The molecule has 1 aliphatic heterocycles. The third-order valence-electron chi connectivity index (χ3n) is 2.99. The lowest BCUT2D eigenvalue weighted by atomic mass is 10.1. The van der Waals surface area contributed by atoms with Gasteiger partial charge >= 0.3 is 0 Å². The van der Waals surface area contributed by atoms with Crippen molar-refractivity contribution in [3.05, 3.63) is 47.7 Å². The predicted molar refractivity (Wildman–Crippen MR) is 85.0 cm³/mol. The van der Waals surface area contributed by atoms with E-state index in [0.717, 1.165) is 0 Å². The smallest absolute Gasteiger partial charge is 0.233 e. The van der Waals surface area contributed by atoms with Gasteiger partial charge in [-0.2, -0.15) is 0 Å². The summed E-state index contributed by atoms with van der Waals surface area (Å²) >= 11 is 1.31. The quantitative estimate of drug-likeness (QED) is 0.634. The van der Waals surface area contributed by atoms with Crippen LogP contribution in [0.2, 0.25) is 0 Å². The molecule has 0 aromatic heterocycles. The van der Waals surface area contributed by atoms with Gasteiger partial charge in [0.15, 0.2) is 5.17 Å². The van der Waals surface area contributed by atoms with Gasteiger partial charge < -0.3 is 4.90 Å². The molecule has 1 aromatic rings. The van der Waals surface area contributed by atoms with Crippen LogP contribution in [-0.4, -0.2) is 28.4 Å². The number of nitrogens with zero attached hydrogens (tertiary/aromatic N) is 3. The van der Waals surface area contributed by atoms with Crippen molar-refractivity contribution in [3.8, 4) is 0 Å². The molecular formula is C15H17N3OS. The summed E-state index contributed by atoms with van der Waals surface area (Å²) in [7, 11) is 0. The van der Waals surface area contributed by atoms with E-state index in [1.54, 1.807) is 6.20 Å². The third-order valence-corrected chi connectivity index (χ3v) is 3.87. The lowest BCUT2D eigenvalue weighted by molar-refractivity contribution is -0.128. The molecule has 0 atom stereocenters. The highest BCUT2D eigenvalue weighted by atomic mass is 32.2. The molecular weight excluding hydrogens is 270 g/mol. The fourth-order valence-electron chi connectivity index (χ4n) is 1.99. The lowest BCUT2D eigenvalue weighted by Crippen LogP contribution is -2.27. The molecule has 1 amide bonds. The first-order chi connectivity index (χ1) is 9.74. The van der Waals surface area contributed by atoms with Gasteiger partial charge in [-0.1, -0.05) is 42.1 Å². The Morgan fingerprint density at radius 2 is 2.05 bits per heavy atom. The van der Waals surface area contributed by atoms with Crippen molar-refractivity contribution in [2.45, 2.75) is 20.0 Å². The average Bonchev–Trinajstić information content (AvgIpc) is 2.91. The standard InChI is InChI=1S/C15H17N3OS/c1-3-8-17-15(16-2)20-11-14(19)18-9-12-6-4-5-7-13(12)10-18/h3-8H,2,9-11H2,1H3/b8-3-,17-15?. The summed E-state index contributed by atoms with van der Waals surface area (Å²) < 4.78 is 0. The van der Waals surface area contributed by atoms with Crippen molar-refractivity contribution < 1.29 is 4.79 Å². The predicted octanol–water partition coefficient (Wildman–Crippen LogP) is 2.85. The van der Waals surface area contributed by atoms with E-state index >= 15 is 0 Å². The number of hydrogen-bond donors (Lipinski definition) is 0. The van der Waals surface area contributed by atoms with Crippen LogP contribution in [-0.2, 0) is 17.9 Å². The fraction of sp³-hybridized carbons (Fsp3) is 0.267. The van der Waals surface area contributed by atoms with Gasteiger partial charge in [-0.15, -0.1) is 0 Å². The Balaban J connectivity index is 1.90. The zero-order valence-electron chi connectivity index (χ0n) is 11.5. The van der Waals surface area contributed by atoms with Crippen molar-refractivity contribution in [2.24, 2.45) is 9.98 Å². The second-order valence-corrected chi connectivity index (χ2v) is 5.30. The first kappa shape index (κ1) is 14.5. The van der Waals surface area contributed by atoms with Crippen LogP contribution in [0, 0.1) is 0 Å². The number of aliphatic imine (C=N–C) groups is 2. The largest absolute Gasteiger partial charge is 0.333 e. The van der Waals surface area contributed by atoms with E-state index in [1.807, 2.05) is 30.0 Å². The minimum Gasteiger partial charge on any atom is -0.333 e. The molecule has 1 heterocycles. The van der Waals surface area contributed by atoms with Crippen LogP contribution >= 0.6 is 11.8 Å². The highest BCUT2D eigenvalue weighted by molar-refractivity contribution is 8.14. The van der Waals surface area contributed by atoms with E-state index in [0.29, 0.717) is 24.0 Å². The third kappa shape index (κ3) is 3.57. The number of amides is 1. The summed E-state index contributed by atoms with van der Waals surface area (Å²) in [5.41, 5.74) is 2.46. The molecule has 0 N–H and O–H groups in total. The monoisotopic (exact) mass is 287 g/mol. The summed E-state index contributed by atoms with van der Waals surface area (Å²) in [4.78, 5) is 21.9. The maximum Gasteiger partial charge on any atom is 0.233 e.